The molecular weight excluding hydrogens is 284 g/mol. The topological polar surface area (TPSA) is 103 Å². The molecule has 0 fully saturated rings. The standard InChI is InChI=1S/C15H8N4O3/c16-18-17-13(20)9-4-3-5-10(8-9)19-14(21)11-6-1-2-7-12(11)15(19)22/h1-8H. The fraction of sp³-hybridized carbons (Fsp3) is 0. The van der Waals surface area contributed by atoms with Crippen LogP contribution >= 0.6 is 0 Å². The first kappa shape index (κ1) is 13.5. The number of anilines is 1. The molecule has 0 aromatic heterocycles. The zero-order valence-electron chi connectivity index (χ0n) is 11.1. The predicted molar refractivity (Wildman–Crippen MR) is 77.5 cm³/mol. The number of hydrogen-bond donors (Lipinski definition) is 0. The van der Waals surface area contributed by atoms with E-state index in [4.69, 9.17) is 5.53 Å². The van der Waals surface area contributed by atoms with Crippen molar-refractivity contribution < 1.29 is 14.4 Å². The minimum absolute atomic E-state index is 0.104. The van der Waals surface area contributed by atoms with Crippen molar-refractivity contribution in [3.05, 3.63) is 75.7 Å². The van der Waals surface area contributed by atoms with E-state index in [1.165, 1.54) is 24.3 Å². The molecule has 0 aliphatic carbocycles. The molecule has 106 valence electrons. The molecule has 22 heavy (non-hydrogen) atoms. The molecular formula is C15H8N4O3. The van der Waals surface area contributed by atoms with E-state index in [1.54, 1.807) is 24.3 Å². The Kier molecular flexibility index (Phi) is 3.17. The van der Waals surface area contributed by atoms with E-state index in [1.807, 2.05) is 0 Å². The fourth-order valence-electron chi connectivity index (χ4n) is 2.30. The maximum Gasteiger partial charge on any atom is 0.266 e. The molecule has 0 unspecified atom stereocenters. The first-order valence-electron chi connectivity index (χ1n) is 6.31. The molecule has 0 spiro atoms. The smallest absolute Gasteiger partial charge is 0.266 e. The number of hydrogen-bond acceptors (Lipinski definition) is 3. The van der Waals surface area contributed by atoms with E-state index in [2.05, 4.69) is 10.0 Å². The Morgan fingerprint density at radius 2 is 1.64 bits per heavy atom. The highest BCUT2D eigenvalue weighted by Crippen LogP contribution is 2.28. The molecule has 0 N–H and O–H groups in total. The minimum atomic E-state index is -0.777. The summed E-state index contributed by atoms with van der Waals surface area (Å²) >= 11 is 0. The molecule has 0 radical (unpaired) electrons. The Hall–Kier alpha value is -3.44. The van der Waals surface area contributed by atoms with Crippen molar-refractivity contribution in [3.63, 3.8) is 0 Å². The van der Waals surface area contributed by atoms with E-state index in [9.17, 15) is 14.4 Å². The van der Waals surface area contributed by atoms with Gasteiger partial charge in [-0.25, -0.2) is 4.90 Å². The van der Waals surface area contributed by atoms with Gasteiger partial charge in [-0.05, 0) is 34.9 Å². The number of amides is 3. The molecule has 0 atom stereocenters. The number of rotatable bonds is 2. The van der Waals surface area contributed by atoms with Gasteiger partial charge in [0.2, 0.25) is 5.91 Å². The van der Waals surface area contributed by atoms with Gasteiger partial charge in [0, 0.05) is 10.5 Å². The van der Waals surface area contributed by atoms with Gasteiger partial charge in [-0.3, -0.25) is 14.4 Å². The summed E-state index contributed by atoms with van der Waals surface area (Å²) in [6.07, 6.45) is 0. The van der Waals surface area contributed by atoms with Crippen LogP contribution in [0.4, 0.5) is 5.69 Å². The van der Waals surface area contributed by atoms with Crippen molar-refractivity contribution in [2.75, 3.05) is 4.90 Å². The lowest BCUT2D eigenvalue weighted by atomic mass is 10.1. The van der Waals surface area contributed by atoms with Crippen LogP contribution in [0.25, 0.3) is 10.4 Å². The number of imide groups is 1. The molecule has 3 amide bonds. The van der Waals surface area contributed by atoms with Crippen molar-refractivity contribution in [1.82, 2.24) is 0 Å². The third-order valence-corrected chi connectivity index (χ3v) is 3.28. The van der Waals surface area contributed by atoms with Gasteiger partial charge >= 0.3 is 0 Å². The summed E-state index contributed by atoms with van der Waals surface area (Å²) in [5, 5.41) is 2.99. The van der Waals surface area contributed by atoms with Crippen LogP contribution in [-0.2, 0) is 0 Å². The SMILES string of the molecule is [N-]=[N+]=NC(=O)c1cccc(N2C(=O)c3ccccc3C2=O)c1. The van der Waals surface area contributed by atoms with Crippen LogP contribution in [0, 0.1) is 0 Å². The third kappa shape index (κ3) is 2.02. The molecule has 1 heterocycles. The Morgan fingerprint density at radius 3 is 2.23 bits per heavy atom. The van der Waals surface area contributed by atoms with Gasteiger partial charge in [0.05, 0.1) is 16.8 Å². The highest BCUT2D eigenvalue weighted by atomic mass is 16.2. The monoisotopic (exact) mass is 292 g/mol. The Morgan fingerprint density at radius 1 is 1.00 bits per heavy atom. The van der Waals surface area contributed by atoms with Gasteiger partial charge in [-0.15, -0.1) is 0 Å². The third-order valence-electron chi connectivity index (χ3n) is 3.28. The van der Waals surface area contributed by atoms with Crippen molar-refractivity contribution in [3.8, 4) is 0 Å². The Labute approximate surface area is 124 Å². The lowest BCUT2D eigenvalue weighted by Crippen LogP contribution is -2.29. The first-order valence-corrected chi connectivity index (χ1v) is 6.31. The molecule has 3 rings (SSSR count). The van der Waals surface area contributed by atoms with E-state index >= 15 is 0 Å². The van der Waals surface area contributed by atoms with E-state index in [0.29, 0.717) is 11.1 Å². The first-order chi connectivity index (χ1) is 10.6. The lowest BCUT2D eigenvalue weighted by Gasteiger charge is -2.14. The van der Waals surface area contributed by atoms with Crippen LogP contribution in [-0.4, -0.2) is 17.7 Å². The molecule has 7 heteroatoms. The summed E-state index contributed by atoms with van der Waals surface area (Å²) in [4.78, 5) is 39.7. The summed E-state index contributed by atoms with van der Waals surface area (Å²) in [5.74, 6) is -1.68. The van der Waals surface area contributed by atoms with Crippen LogP contribution in [0.5, 0.6) is 0 Å². The quantitative estimate of drug-likeness (QED) is 0.368. The normalized spacial score (nSPS) is 12.8. The second-order valence-electron chi connectivity index (χ2n) is 4.54. The maximum absolute atomic E-state index is 12.4. The van der Waals surface area contributed by atoms with Gasteiger partial charge in [-0.2, -0.15) is 0 Å². The molecule has 2 aromatic rings. The molecule has 7 nitrogen and oxygen atoms in total. The van der Waals surface area contributed by atoms with Crippen LogP contribution in [0.2, 0.25) is 0 Å². The minimum Gasteiger partial charge on any atom is -0.287 e. The Balaban J connectivity index is 2.05. The van der Waals surface area contributed by atoms with Gasteiger partial charge in [-0.1, -0.05) is 24.3 Å². The van der Waals surface area contributed by atoms with Crippen LogP contribution in [0.15, 0.2) is 53.6 Å². The average Bonchev–Trinajstić information content (AvgIpc) is 2.80. The number of benzene rings is 2. The highest BCUT2D eigenvalue weighted by Gasteiger charge is 2.36. The number of carbonyl (C=O) groups is 3. The second kappa shape index (κ2) is 5.16. The molecule has 0 saturated carbocycles. The summed E-state index contributed by atoms with van der Waals surface area (Å²) in [6.45, 7) is 0. The summed E-state index contributed by atoms with van der Waals surface area (Å²) in [7, 11) is 0. The number of azide groups is 1. The number of fused-ring (bicyclic) bond motifs is 1. The lowest BCUT2D eigenvalue weighted by molar-refractivity contribution is 0.0923. The average molecular weight is 292 g/mol. The largest absolute Gasteiger partial charge is 0.287 e. The van der Waals surface area contributed by atoms with Gasteiger partial charge < -0.3 is 0 Å². The summed E-state index contributed by atoms with van der Waals surface area (Å²) in [5.41, 5.74) is 9.30. The van der Waals surface area contributed by atoms with E-state index in [-0.39, 0.29) is 11.3 Å². The fourth-order valence-corrected chi connectivity index (χ4v) is 2.30. The van der Waals surface area contributed by atoms with E-state index in [0.717, 1.165) is 4.90 Å². The Bertz CT molecular complexity index is 834. The van der Waals surface area contributed by atoms with Crippen LogP contribution in [0.3, 0.4) is 0 Å². The van der Waals surface area contributed by atoms with Gasteiger partial charge in [0.15, 0.2) is 0 Å². The van der Waals surface area contributed by atoms with Gasteiger partial charge in [0.25, 0.3) is 11.8 Å². The summed E-state index contributed by atoms with van der Waals surface area (Å²) < 4.78 is 0. The highest BCUT2D eigenvalue weighted by molar-refractivity contribution is 6.34. The number of carbonyl (C=O) groups excluding carboxylic acids is 3. The molecule has 1 aliphatic heterocycles. The molecule has 0 saturated heterocycles. The van der Waals surface area contributed by atoms with Crippen LogP contribution in [0.1, 0.15) is 31.1 Å². The van der Waals surface area contributed by atoms with E-state index < -0.39 is 17.7 Å². The maximum atomic E-state index is 12.4. The molecule has 1 aliphatic rings. The van der Waals surface area contributed by atoms with Crippen molar-refractivity contribution in [1.29, 1.82) is 0 Å². The zero-order valence-corrected chi connectivity index (χ0v) is 11.1. The van der Waals surface area contributed by atoms with Crippen molar-refractivity contribution in [2.45, 2.75) is 0 Å². The van der Waals surface area contributed by atoms with Crippen LogP contribution < -0.4 is 4.90 Å². The predicted octanol–water partition coefficient (Wildman–Crippen LogP) is 2.94. The van der Waals surface area contributed by atoms with Gasteiger partial charge in [0.1, 0.15) is 0 Å². The number of nitrogens with zero attached hydrogens (tertiary/aromatic N) is 4. The molecule has 0 bridgehead atoms. The molecule has 2 aromatic carbocycles. The summed E-state index contributed by atoms with van der Waals surface area (Å²) in [6, 6.07) is 12.3. The second-order valence-corrected chi connectivity index (χ2v) is 4.54. The van der Waals surface area contributed by atoms with Crippen molar-refractivity contribution in [2.24, 2.45) is 5.11 Å². The van der Waals surface area contributed by atoms with Crippen molar-refractivity contribution >= 4 is 23.4 Å². The zero-order chi connectivity index (χ0) is 15.7.